The summed E-state index contributed by atoms with van der Waals surface area (Å²) >= 11 is 0. The molecule has 128 valence electrons. The SMILES string of the molecule is COCC(NC(=O)c1ccc2nc(C)c(C)nc2c1)c1ccccn1. The molecule has 2 aromatic heterocycles. The van der Waals surface area contributed by atoms with E-state index >= 15 is 0 Å². The van der Waals surface area contributed by atoms with E-state index in [2.05, 4.69) is 20.3 Å². The highest BCUT2D eigenvalue weighted by atomic mass is 16.5. The summed E-state index contributed by atoms with van der Waals surface area (Å²) in [6.07, 6.45) is 1.70. The van der Waals surface area contributed by atoms with Gasteiger partial charge in [-0.2, -0.15) is 0 Å². The quantitative estimate of drug-likeness (QED) is 0.775. The Balaban J connectivity index is 1.86. The predicted octanol–water partition coefficient (Wildman–Crippen LogP) is 2.76. The minimum absolute atomic E-state index is 0.199. The third-order valence-corrected chi connectivity index (χ3v) is 4.02. The Hall–Kier alpha value is -2.86. The first kappa shape index (κ1) is 17.0. The number of aromatic nitrogens is 3. The van der Waals surface area contributed by atoms with Gasteiger partial charge in [0.05, 0.1) is 40.8 Å². The fourth-order valence-corrected chi connectivity index (χ4v) is 2.56. The molecule has 0 aliphatic carbocycles. The Kier molecular flexibility index (Phi) is 5.00. The van der Waals surface area contributed by atoms with Crippen molar-refractivity contribution in [2.24, 2.45) is 0 Å². The molecule has 1 atom stereocenters. The Morgan fingerprint density at radius 3 is 2.56 bits per heavy atom. The molecular weight excluding hydrogens is 316 g/mol. The predicted molar refractivity (Wildman–Crippen MR) is 95.3 cm³/mol. The maximum absolute atomic E-state index is 12.7. The number of hydrogen-bond acceptors (Lipinski definition) is 5. The molecule has 1 amide bonds. The van der Waals surface area contributed by atoms with Gasteiger partial charge in [-0.25, -0.2) is 9.97 Å². The highest BCUT2D eigenvalue weighted by molar-refractivity contribution is 5.97. The van der Waals surface area contributed by atoms with Crippen molar-refractivity contribution < 1.29 is 9.53 Å². The molecule has 0 bridgehead atoms. The lowest BCUT2D eigenvalue weighted by Crippen LogP contribution is -2.31. The van der Waals surface area contributed by atoms with Crippen LogP contribution in [0.5, 0.6) is 0 Å². The summed E-state index contributed by atoms with van der Waals surface area (Å²) in [6, 6.07) is 10.6. The van der Waals surface area contributed by atoms with Crippen LogP contribution in [0.4, 0.5) is 0 Å². The Morgan fingerprint density at radius 2 is 1.88 bits per heavy atom. The summed E-state index contributed by atoms with van der Waals surface area (Å²) in [5.74, 6) is -0.199. The van der Waals surface area contributed by atoms with Crippen LogP contribution in [-0.4, -0.2) is 34.6 Å². The molecule has 6 heteroatoms. The van der Waals surface area contributed by atoms with Gasteiger partial charge >= 0.3 is 0 Å². The Labute approximate surface area is 146 Å². The fraction of sp³-hybridized carbons (Fsp3) is 0.263. The van der Waals surface area contributed by atoms with Crippen LogP contribution in [-0.2, 0) is 4.74 Å². The first-order chi connectivity index (χ1) is 12.1. The first-order valence-electron chi connectivity index (χ1n) is 8.04. The third-order valence-electron chi connectivity index (χ3n) is 4.02. The van der Waals surface area contributed by atoms with E-state index in [1.54, 1.807) is 25.4 Å². The average molecular weight is 336 g/mol. The van der Waals surface area contributed by atoms with E-state index in [1.165, 1.54) is 0 Å². The molecule has 0 spiro atoms. The molecule has 0 radical (unpaired) electrons. The van der Waals surface area contributed by atoms with Gasteiger partial charge in [0.2, 0.25) is 0 Å². The summed E-state index contributed by atoms with van der Waals surface area (Å²) in [5.41, 5.74) is 4.51. The molecule has 0 aliphatic rings. The van der Waals surface area contributed by atoms with Crippen LogP contribution in [0.15, 0.2) is 42.6 Å². The molecule has 3 aromatic rings. The van der Waals surface area contributed by atoms with Crippen molar-refractivity contribution in [2.45, 2.75) is 19.9 Å². The molecule has 1 aromatic carbocycles. The van der Waals surface area contributed by atoms with E-state index < -0.39 is 0 Å². The molecule has 0 fully saturated rings. The van der Waals surface area contributed by atoms with Crippen molar-refractivity contribution in [2.75, 3.05) is 13.7 Å². The lowest BCUT2D eigenvalue weighted by atomic mass is 10.1. The van der Waals surface area contributed by atoms with Crippen LogP contribution >= 0.6 is 0 Å². The summed E-state index contributed by atoms with van der Waals surface area (Å²) in [5, 5.41) is 2.97. The van der Waals surface area contributed by atoms with E-state index in [0.717, 1.165) is 22.6 Å². The van der Waals surface area contributed by atoms with Crippen LogP contribution in [0.3, 0.4) is 0 Å². The van der Waals surface area contributed by atoms with Crippen LogP contribution < -0.4 is 5.32 Å². The summed E-state index contributed by atoms with van der Waals surface area (Å²) < 4.78 is 5.22. The highest BCUT2D eigenvalue weighted by Crippen LogP contribution is 2.16. The van der Waals surface area contributed by atoms with Gasteiger partial charge in [-0.15, -0.1) is 0 Å². The number of methoxy groups -OCH3 is 1. The van der Waals surface area contributed by atoms with Crippen molar-refractivity contribution >= 4 is 16.9 Å². The van der Waals surface area contributed by atoms with E-state index in [9.17, 15) is 4.79 Å². The zero-order valence-electron chi connectivity index (χ0n) is 14.5. The number of nitrogens with zero attached hydrogens (tertiary/aromatic N) is 3. The van der Waals surface area contributed by atoms with Crippen LogP contribution in [0.2, 0.25) is 0 Å². The number of nitrogens with one attached hydrogen (secondary N) is 1. The second kappa shape index (κ2) is 7.36. The van der Waals surface area contributed by atoms with Crippen molar-refractivity contribution in [3.8, 4) is 0 Å². The van der Waals surface area contributed by atoms with Crippen molar-refractivity contribution in [1.29, 1.82) is 0 Å². The first-order valence-corrected chi connectivity index (χ1v) is 8.04. The number of carbonyl (C=O) groups excluding carboxylic acids is 1. The zero-order valence-corrected chi connectivity index (χ0v) is 14.5. The Morgan fingerprint density at radius 1 is 1.12 bits per heavy atom. The van der Waals surface area contributed by atoms with Gasteiger partial charge in [-0.3, -0.25) is 9.78 Å². The number of amides is 1. The zero-order chi connectivity index (χ0) is 17.8. The van der Waals surface area contributed by atoms with Crippen molar-refractivity contribution in [3.63, 3.8) is 0 Å². The lowest BCUT2D eigenvalue weighted by Gasteiger charge is -2.17. The van der Waals surface area contributed by atoms with E-state index in [0.29, 0.717) is 17.7 Å². The molecule has 3 rings (SSSR count). The molecule has 1 unspecified atom stereocenters. The minimum atomic E-state index is -0.319. The molecule has 6 nitrogen and oxygen atoms in total. The number of pyridine rings is 1. The maximum Gasteiger partial charge on any atom is 0.251 e. The van der Waals surface area contributed by atoms with E-state index in [1.807, 2.05) is 38.1 Å². The van der Waals surface area contributed by atoms with Crippen molar-refractivity contribution in [1.82, 2.24) is 20.3 Å². The number of fused-ring (bicyclic) bond motifs is 1. The Bertz CT molecular complexity index is 897. The number of hydrogen-bond donors (Lipinski definition) is 1. The largest absolute Gasteiger partial charge is 0.382 e. The van der Waals surface area contributed by atoms with E-state index in [-0.39, 0.29) is 11.9 Å². The monoisotopic (exact) mass is 336 g/mol. The molecule has 0 saturated carbocycles. The van der Waals surface area contributed by atoms with Crippen LogP contribution in [0, 0.1) is 13.8 Å². The molecule has 2 heterocycles. The van der Waals surface area contributed by atoms with Gasteiger partial charge in [0.15, 0.2) is 0 Å². The molecule has 0 saturated heterocycles. The van der Waals surface area contributed by atoms with Gasteiger partial charge in [0.25, 0.3) is 5.91 Å². The number of ether oxygens (including phenoxy) is 1. The highest BCUT2D eigenvalue weighted by Gasteiger charge is 2.17. The minimum Gasteiger partial charge on any atom is -0.382 e. The second-order valence-corrected chi connectivity index (χ2v) is 5.83. The molecule has 1 N–H and O–H groups in total. The summed E-state index contributed by atoms with van der Waals surface area (Å²) in [4.78, 5) is 26.0. The lowest BCUT2D eigenvalue weighted by molar-refractivity contribution is 0.0894. The molecule has 25 heavy (non-hydrogen) atoms. The standard InChI is InChI=1S/C19H20N4O2/c1-12-13(2)22-17-10-14(7-8-16(17)21-12)19(24)23-18(11-25-3)15-6-4-5-9-20-15/h4-10,18H,11H2,1-3H3,(H,23,24). The van der Waals surface area contributed by atoms with Gasteiger partial charge < -0.3 is 10.1 Å². The second-order valence-electron chi connectivity index (χ2n) is 5.83. The number of aryl methyl sites for hydroxylation is 2. The summed E-state index contributed by atoms with van der Waals surface area (Å²) in [6.45, 7) is 4.17. The van der Waals surface area contributed by atoms with Gasteiger partial charge in [-0.1, -0.05) is 6.07 Å². The average Bonchev–Trinajstić information content (AvgIpc) is 2.62. The van der Waals surface area contributed by atoms with Gasteiger partial charge in [0.1, 0.15) is 0 Å². The normalized spacial score (nSPS) is 12.1. The summed E-state index contributed by atoms with van der Waals surface area (Å²) in [7, 11) is 1.60. The molecule has 0 aliphatic heterocycles. The van der Waals surface area contributed by atoms with Crippen LogP contribution in [0.1, 0.15) is 33.5 Å². The maximum atomic E-state index is 12.7. The molecular formula is C19H20N4O2. The fourth-order valence-electron chi connectivity index (χ4n) is 2.56. The van der Waals surface area contributed by atoms with Crippen molar-refractivity contribution in [3.05, 3.63) is 65.2 Å². The van der Waals surface area contributed by atoms with Gasteiger partial charge in [0, 0.05) is 18.9 Å². The third kappa shape index (κ3) is 3.80. The topological polar surface area (TPSA) is 77.0 Å². The van der Waals surface area contributed by atoms with Crippen LogP contribution in [0.25, 0.3) is 11.0 Å². The number of benzene rings is 1. The van der Waals surface area contributed by atoms with E-state index in [4.69, 9.17) is 4.74 Å². The number of carbonyl (C=O) groups is 1. The number of rotatable bonds is 5. The van der Waals surface area contributed by atoms with Gasteiger partial charge in [-0.05, 0) is 44.2 Å². The smallest absolute Gasteiger partial charge is 0.251 e.